The number of ether oxygens (including phenoxy) is 1. The van der Waals surface area contributed by atoms with E-state index in [1.165, 1.54) is 25.3 Å². The van der Waals surface area contributed by atoms with Crippen molar-refractivity contribution in [2.24, 2.45) is 0 Å². The summed E-state index contributed by atoms with van der Waals surface area (Å²) in [5.74, 6) is 0.422. The first kappa shape index (κ1) is 12.9. The quantitative estimate of drug-likeness (QED) is 0.886. The third-order valence-corrected chi connectivity index (χ3v) is 2.57. The van der Waals surface area contributed by atoms with Crippen LogP contribution in [0.15, 0.2) is 36.4 Å². The zero-order chi connectivity index (χ0) is 13.8. The maximum Gasteiger partial charge on any atom is 0.256 e. The van der Waals surface area contributed by atoms with Gasteiger partial charge >= 0.3 is 0 Å². The molecule has 0 radical (unpaired) electrons. The van der Waals surface area contributed by atoms with E-state index in [9.17, 15) is 9.90 Å². The summed E-state index contributed by atoms with van der Waals surface area (Å²) in [6, 6.07) is 9.78. The molecule has 2 rings (SSSR count). The van der Waals surface area contributed by atoms with Crippen molar-refractivity contribution >= 4 is 11.7 Å². The third kappa shape index (κ3) is 3.01. The number of aryl methyl sites for hydroxylation is 1. The predicted molar refractivity (Wildman–Crippen MR) is 71.6 cm³/mol. The molecule has 19 heavy (non-hydrogen) atoms. The van der Waals surface area contributed by atoms with Crippen LogP contribution in [0, 0.1) is 6.92 Å². The molecule has 2 N–H and O–H groups in total. The number of aromatic nitrogens is 1. The topological polar surface area (TPSA) is 71.5 Å². The molecule has 0 aliphatic carbocycles. The van der Waals surface area contributed by atoms with Gasteiger partial charge in [-0.05, 0) is 37.3 Å². The minimum Gasteiger partial charge on any atom is -0.504 e. The lowest BCUT2D eigenvalue weighted by Gasteiger charge is -2.07. The summed E-state index contributed by atoms with van der Waals surface area (Å²) in [6.45, 7) is 1.85. The van der Waals surface area contributed by atoms with Crippen molar-refractivity contribution in [3.63, 3.8) is 0 Å². The number of benzene rings is 1. The fourth-order valence-electron chi connectivity index (χ4n) is 1.62. The van der Waals surface area contributed by atoms with Gasteiger partial charge in [0.05, 0.1) is 7.11 Å². The number of methoxy groups -OCH3 is 1. The van der Waals surface area contributed by atoms with Crippen LogP contribution in [0.25, 0.3) is 0 Å². The van der Waals surface area contributed by atoms with E-state index in [1.54, 1.807) is 6.07 Å². The van der Waals surface area contributed by atoms with E-state index in [0.717, 1.165) is 5.69 Å². The number of hydrogen-bond acceptors (Lipinski definition) is 4. The van der Waals surface area contributed by atoms with Gasteiger partial charge < -0.3 is 15.2 Å². The first-order valence-electron chi connectivity index (χ1n) is 5.72. The smallest absolute Gasteiger partial charge is 0.256 e. The number of phenolic OH excluding ortho intramolecular Hbond substituents is 1. The molecule has 2 aromatic rings. The maximum atomic E-state index is 12.0. The number of nitrogens with one attached hydrogen (secondary N) is 1. The standard InChI is InChI=1S/C14H14N2O3/c1-9-4-3-5-13(15-9)16-14(18)10-6-7-11(17)12(8-10)19-2/h3-8,17H,1-2H3,(H,15,16,18). The minimum atomic E-state index is -0.309. The number of aromatic hydroxyl groups is 1. The van der Waals surface area contributed by atoms with Gasteiger partial charge in [-0.3, -0.25) is 4.79 Å². The van der Waals surface area contributed by atoms with Crippen molar-refractivity contribution in [3.05, 3.63) is 47.7 Å². The van der Waals surface area contributed by atoms with E-state index in [0.29, 0.717) is 11.4 Å². The third-order valence-electron chi connectivity index (χ3n) is 2.57. The molecule has 1 heterocycles. The summed E-state index contributed by atoms with van der Waals surface area (Å²) in [5, 5.41) is 12.2. The highest BCUT2D eigenvalue weighted by atomic mass is 16.5. The molecule has 0 bridgehead atoms. The molecule has 0 aliphatic heterocycles. The summed E-state index contributed by atoms with van der Waals surface area (Å²) < 4.78 is 4.96. The van der Waals surface area contributed by atoms with Crippen molar-refractivity contribution in [2.75, 3.05) is 12.4 Å². The van der Waals surface area contributed by atoms with E-state index < -0.39 is 0 Å². The van der Waals surface area contributed by atoms with Crippen LogP contribution in [-0.4, -0.2) is 23.1 Å². The second-order valence-corrected chi connectivity index (χ2v) is 4.00. The SMILES string of the molecule is COc1cc(C(=O)Nc2cccc(C)n2)ccc1O. The van der Waals surface area contributed by atoms with Crippen LogP contribution >= 0.6 is 0 Å². The van der Waals surface area contributed by atoms with Gasteiger partial charge in [0, 0.05) is 11.3 Å². The Hall–Kier alpha value is -2.56. The van der Waals surface area contributed by atoms with Crippen LogP contribution in [0.2, 0.25) is 0 Å². The first-order valence-corrected chi connectivity index (χ1v) is 5.72. The van der Waals surface area contributed by atoms with Crippen LogP contribution in [-0.2, 0) is 0 Å². The van der Waals surface area contributed by atoms with Crippen LogP contribution in [0.3, 0.4) is 0 Å². The Morgan fingerprint density at radius 2 is 2.11 bits per heavy atom. The van der Waals surface area contributed by atoms with Crippen LogP contribution < -0.4 is 10.1 Å². The van der Waals surface area contributed by atoms with Crippen molar-refractivity contribution in [3.8, 4) is 11.5 Å². The molecular weight excluding hydrogens is 244 g/mol. The Balaban J connectivity index is 2.20. The Kier molecular flexibility index (Phi) is 3.66. The van der Waals surface area contributed by atoms with Gasteiger partial charge in [0.1, 0.15) is 5.82 Å². The second kappa shape index (κ2) is 5.39. The highest BCUT2D eigenvalue weighted by molar-refractivity contribution is 6.04. The predicted octanol–water partition coefficient (Wildman–Crippen LogP) is 2.36. The van der Waals surface area contributed by atoms with Gasteiger partial charge in [-0.1, -0.05) is 6.07 Å². The van der Waals surface area contributed by atoms with Crippen LogP contribution in [0.1, 0.15) is 16.1 Å². The summed E-state index contributed by atoms with van der Waals surface area (Å²) in [6.07, 6.45) is 0. The highest BCUT2D eigenvalue weighted by Gasteiger charge is 2.10. The highest BCUT2D eigenvalue weighted by Crippen LogP contribution is 2.26. The average Bonchev–Trinajstić information content (AvgIpc) is 2.39. The van der Waals surface area contributed by atoms with Gasteiger partial charge in [0.25, 0.3) is 5.91 Å². The molecule has 0 fully saturated rings. The molecule has 5 heteroatoms. The van der Waals surface area contributed by atoms with Crippen molar-refractivity contribution in [1.82, 2.24) is 4.98 Å². The maximum absolute atomic E-state index is 12.0. The number of carbonyl (C=O) groups excluding carboxylic acids is 1. The number of amides is 1. The minimum absolute atomic E-state index is 0.00673. The molecule has 1 aromatic heterocycles. The normalized spacial score (nSPS) is 10.0. The number of hydrogen-bond donors (Lipinski definition) is 2. The number of anilines is 1. The van der Waals surface area contributed by atoms with Gasteiger partial charge in [0.15, 0.2) is 11.5 Å². The van der Waals surface area contributed by atoms with Crippen molar-refractivity contribution in [2.45, 2.75) is 6.92 Å². The van der Waals surface area contributed by atoms with Gasteiger partial charge in [-0.2, -0.15) is 0 Å². The average molecular weight is 258 g/mol. The molecule has 98 valence electrons. The van der Waals surface area contributed by atoms with E-state index in [-0.39, 0.29) is 17.4 Å². The number of pyridine rings is 1. The lowest BCUT2D eigenvalue weighted by atomic mass is 10.2. The Labute approximate surface area is 110 Å². The van der Waals surface area contributed by atoms with Crippen molar-refractivity contribution < 1.29 is 14.6 Å². The van der Waals surface area contributed by atoms with Crippen molar-refractivity contribution in [1.29, 1.82) is 0 Å². The summed E-state index contributed by atoms with van der Waals surface area (Å²) in [5.41, 5.74) is 1.21. The van der Waals surface area contributed by atoms with Gasteiger partial charge in [-0.15, -0.1) is 0 Å². The fraction of sp³-hybridized carbons (Fsp3) is 0.143. The molecule has 0 saturated carbocycles. The molecule has 1 aromatic carbocycles. The summed E-state index contributed by atoms with van der Waals surface area (Å²) in [4.78, 5) is 16.2. The van der Waals surface area contributed by atoms with Crippen LogP contribution in [0.4, 0.5) is 5.82 Å². The number of carbonyl (C=O) groups is 1. The van der Waals surface area contributed by atoms with Gasteiger partial charge in [0.2, 0.25) is 0 Å². The molecular formula is C14H14N2O3. The molecule has 0 unspecified atom stereocenters. The van der Waals surface area contributed by atoms with E-state index in [1.807, 2.05) is 19.1 Å². The van der Waals surface area contributed by atoms with Gasteiger partial charge in [-0.25, -0.2) is 4.98 Å². The monoisotopic (exact) mass is 258 g/mol. The molecule has 1 amide bonds. The molecule has 0 spiro atoms. The van der Waals surface area contributed by atoms with E-state index in [2.05, 4.69) is 10.3 Å². The van der Waals surface area contributed by atoms with E-state index >= 15 is 0 Å². The van der Waals surface area contributed by atoms with Crippen LogP contribution in [0.5, 0.6) is 11.5 Å². The Morgan fingerprint density at radius 1 is 1.32 bits per heavy atom. The fourth-order valence-corrected chi connectivity index (χ4v) is 1.62. The first-order chi connectivity index (χ1) is 9.10. The summed E-state index contributed by atoms with van der Waals surface area (Å²) >= 11 is 0. The lowest BCUT2D eigenvalue weighted by molar-refractivity contribution is 0.102. The number of nitrogens with zero attached hydrogens (tertiary/aromatic N) is 1. The number of phenols is 1. The summed E-state index contributed by atoms with van der Waals surface area (Å²) in [7, 11) is 1.43. The molecule has 0 aliphatic rings. The Morgan fingerprint density at radius 3 is 2.79 bits per heavy atom. The largest absolute Gasteiger partial charge is 0.504 e. The zero-order valence-corrected chi connectivity index (χ0v) is 10.7. The zero-order valence-electron chi connectivity index (χ0n) is 10.7. The lowest BCUT2D eigenvalue weighted by Crippen LogP contribution is -2.13. The second-order valence-electron chi connectivity index (χ2n) is 4.00. The Bertz CT molecular complexity index is 611. The molecule has 0 saturated heterocycles. The molecule has 5 nitrogen and oxygen atoms in total. The van der Waals surface area contributed by atoms with E-state index in [4.69, 9.17) is 4.74 Å². The molecule has 0 atom stereocenters. The number of rotatable bonds is 3.